The van der Waals surface area contributed by atoms with Crippen molar-refractivity contribution in [2.75, 3.05) is 0 Å². The zero-order valence-electron chi connectivity index (χ0n) is 11.7. The van der Waals surface area contributed by atoms with Gasteiger partial charge in [-0.15, -0.1) is 0 Å². The SMILES string of the molecule is CCc1nc2cc(C)c(C)cc2n1CCCC(=O)O. The maximum absolute atomic E-state index is 10.6. The van der Waals surface area contributed by atoms with E-state index in [4.69, 9.17) is 5.11 Å². The van der Waals surface area contributed by atoms with Crippen molar-refractivity contribution in [2.24, 2.45) is 0 Å². The molecule has 0 aliphatic carbocycles. The molecule has 0 spiro atoms. The molecule has 4 nitrogen and oxygen atoms in total. The predicted molar refractivity (Wildman–Crippen MR) is 75.5 cm³/mol. The number of aromatic nitrogens is 2. The highest BCUT2D eigenvalue weighted by Gasteiger charge is 2.11. The normalized spacial score (nSPS) is 11.1. The van der Waals surface area contributed by atoms with Crippen LogP contribution in [0, 0.1) is 13.8 Å². The first-order valence-electron chi connectivity index (χ1n) is 6.71. The van der Waals surface area contributed by atoms with Gasteiger partial charge >= 0.3 is 5.97 Å². The molecule has 2 aromatic rings. The molecule has 0 bridgehead atoms. The summed E-state index contributed by atoms with van der Waals surface area (Å²) in [7, 11) is 0. The molecule has 0 amide bonds. The van der Waals surface area contributed by atoms with Crippen LogP contribution in [0.5, 0.6) is 0 Å². The summed E-state index contributed by atoms with van der Waals surface area (Å²) in [5.41, 5.74) is 4.61. The summed E-state index contributed by atoms with van der Waals surface area (Å²) in [6.45, 7) is 6.97. The molecular formula is C15H20N2O2. The smallest absolute Gasteiger partial charge is 0.303 e. The van der Waals surface area contributed by atoms with Crippen molar-refractivity contribution in [3.8, 4) is 0 Å². The van der Waals surface area contributed by atoms with Crippen LogP contribution in [0.15, 0.2) is 12.1 Å². The Morgan fingerprint density at radius 2 is 2.00 bits per heavy atom. The molecule has 1 aromatic heterocycles. The quantitative estimate of drug-likeness (QED) is 0.898. The van der Waals surface area contributed by atoms with Crippen LogP contribution in [0.3, 0.4) is 0 Å². The first-order valence-corrected chi connectivity index (χ1v) is 6.71. The van der Waals surface area contributed by atoms with Crippen molar-refractivity contribution in [2.45, 2.75) is 46.6 Å². The van der Waals surface area contributed by atoms with Gasteiger partial charge in [0.05, 0.1) is 11.0 Å². The molecule has 2 rings (SSSR count). The zero-order chi connectivity index (χ0) is 14.0. The molecule has 102 valence electrons. The van der Waals surface area contributed by atoms with Crippen LogP contribution < -0.4 is 0 Å². The number of hydrogen-bond acceptors (Lipinski definition) is 2. The standard InChI is InChI=1S/C15H20N2O2/c1-4-14-16-12-8-10(2)11(3)9-13(12)17(14)7-5-6-15(18)19/h8-9H,4-7H2,1-3H3,(H,18,19). The average molecular weight is 260 g/mol. The highest BCUT2D eigenvalue weighted by atomic mass is 16.4. The first-order chi connectivity index (χ1) is 9.02. The van der Waals surface area contributed by atoms with Crippen molar-refractivity contribution >= 4 is 17.0 Å². The Morgan fingerprint density at radius 3 is 2.63 bits per heavy atom. The lowest BCUT2D eigenvalue weighted by atomic mass is 10.1. The lowest BCUT2D eigenvalue weighted by Crippen LogP contribution is -2.05. The van der Waals surface area contributed by atoms with Crippen molar-refractivity contribution < 1.29 is 9.90 Å². The number of imidazole rings is 1. The number of carboxylic acid groups (broad SMARTS) is 1. The number of carboxylic acids is 1. The van der Waals surface area contributed by atoms with E-state index in [2.05, 4.69) is 42.5 Å². The molecule has 19 heavy (non-hydrogen) atoms. The molecule has 0 saturated carbocycles. The van der Waals surface area contributed by atoms with Gasteiger partial charge in [-0.3, -0.25) is 4.79 Å². The fraction of sp³-hybridized carbons (Fsp3) is 0.467. The van der Waals surface area contributed by atoms with Crippen LogP contribution in [-0.2, 0) is 17.8 Å². The molecule has 4 heteroatoms. The molecule has 0 unspecified atom stereocenters. The summed E-state index contributed by atoms with van der Waals surface area (Å²) in [6, 6.07) is 4.26. The predicted octanol–water partition coefficient (Wildman–Crippen LogP) is 3.08. The minimum Gasteiger partial charge on any atom is -0.481 e. The van der Waals surface area contributed by atoms with Gasteiger partial charge in [0.2, 0.25) is 0 Å². The fourth-order valence-corrected chi connectivity index (χ4v) is 2.34. The third-order valence-corrected chi connectivity index (χ3v) is 3.53. The van der Waals surface area contributed by atoms with E-state index in [0.717, 1.165) is 23.3 Å². The Kier molecular flexibility index (Phi) is 3.88. The largest absolute Gasteiger partial charge is 0.481 e. The van der Waals surface area contributed by atoms with E-state index < -0.39 is 5.97 Å². The minimum absolute atomic E-state index is 0.202. The number of rotatable bonds is 5. The number of aryl methyl sites for hydroxylation is 4. The summed E-state index contributed by atoms with van der Waals surface area (Å²) < 4.78 is 2.16. The van der Waals surface area contributed by atoms with E-state index in [9.17, 15) is 4.79 Å². The summed E-state index contributed by atoms with van der Waals surface area (Å²) in [4.78, 5) is 15.3. The van der Waals surface area contributed by atoms with Gasteiger partial charge in [0.1, 0.15) is 5.82 Å². The first kappa shape index (κ1) is 13.6. The second kappa shape index (κ2) is 5.43. The molecule has 0 atom stereocenters. The molecule has 1 aromatic carbocycles. The van der Waals surface area contributed by atoms with Crippen molar-refractivity contribution in [3.63, 3.8) is 0 Å². The monoisotopic (exact) mass is 260 g/mol. The summed E-state index contributed by atoms with van der Waals surface area (Å²) in [5.74, 6) is 0.292. The number of fused-ring (bicyclic) bond motifs is 1. The van der Waals surface area contributed by atoms with Gasteiger partial charge in [-0.05, 0) is 43.5 Å². The molecule has 1 N–H and O–H groups in total. The number of aliphatic carboxylic acids is 1. The lowest BCUT2D eigenvalue weighted by molar-refractivity contribution is -0.137. The molecule has 0 aliphatic heterocycles. The highest BCUT2D eigenvalue weighted by molar-refractivity contribution is 5.78. The van der Waals surface area contributed by atoms with Crippen molar-refractivity contribution in [3.05, 3.63) is 29.1 Å². The van der Waals surface area contributed by atoms with Gasteiger partial charge in [0.25, 0.3) is 0 Å². The van der Waals surface area contributed by atoms with Gasteiger partial charge in [0, 0.05) is 19.4 Å². The molecular weight excluding hydrogens is 240 g/mol. The second-order valence-corrected chi connectivity index (χ2v) is 4.96. The number of nitrogens with zero attached hydrogens (tertiary/aromatic N) is 2. The van der Waals surface area contributed by atoms with Gasteiger partial charge < -0.3 is 9.67 Å². The van der Waals surface area contributed by atoms with Crippen LogP contribution >= 0.6 is 0 Å². The maximum atomic E-state index is 10.6. The van der Waals surface area contributed by atoms with Gasteiger partial charge in [-0.25, -0.2) is 4.98 Å². The third-order valence-electron chi connectivity index (χ3n) is 3.53. The van der Waals surface area contributed by atoms with Crippen LogP contribution in [0.1, 0.15) is 36.7 Å². The van der Waals surface area contributed by atoms with E-state index in [1.165, 1.54) is 11.1 Å². The molecule has 0 saturated heterocycles. The van der Waals surface area contributed by atoms with Crippen LogP contribution in [-0.4, -0.2) is 20.6 Å². The topological polar surface area (TPSA) is 55.1 Å². The molecule has 1 heterocycles. The van der Waals surface area contributed by atoms with Gasteiger partial charge in [-0.1, -0.05) is 6.92 Å². The molecule has 0 aliphatic rings. The lowest BCUT2D eigenvalue weighted by Gasteiger charge is -2.08. The Balaban J connectivity index is 2.39. The number of carbonyl (C=O) groups is 1. The second-order valence-electron chi connectivity index (χ2n) is 4.96. The molecule has 0 radical (unpaired) electrons. The van der Waals surface area contributed by atoms with Crippen LogP contribution in [0.25, 0.3) is 11.0 Å². The van der Waals surface area contributed by atoms with Crippen LogP contribution in [0.2, 0.25) is 0 Å². The fourth-order valence-electron chi connectivity index (χ4n) is 2.34. The minimum atomic E-state index is -0.741. The van der Waals surface area contributed by atoms with E-state index in [1.54, 1.807) is 0 Å². The van der Waals surface area contributed by atoms with Gasteiger partial charge in [-0.2, -0.15) is 0 Å². The van der Waals surface area contributed by atoms with E-state index in [0.29, 0.717) is 13.0 Å². The van der Waals surface area contributed by atoms with Crippen molar-refractivity contribution in [1.82, 2.24) is 9.55 Å². The average Bonchev–Trinajstić information content (AvgIpc) is 2.67. The van der Waals surface area contributed by atoms with Crippen molar-refractivity contribution in [1.29, 1.82) is 0 Å². The summed E-state index contributed by atoms with van der Waals surface area (Å²) in [5, 5.41) is 8.74. The zero-order valence-corrected chi connectivity index (χ0v) is 11.7. The number of hydrogen-bond donors (Lipinski definition) is 1. The van der Waals surface area contributed by atoms with Gasteiger partial charge in [0.15, 0.2) is 0 Å². The maximum Gasteiger partial charge on any atom is 0.303 e. The highest BCUT2D eigenvalue weighted by Crippen LogP contribution is 2.21. The van der Waals surface area contributed by atoms with E-state index >= 15 is 0 Å². The Morgan fingerprint density at radius 1 is 1.32 bits per heavy atom. The third kappa shape index (κ3) is 2.78. The van der Waals surface area contributed by atoms with Crippen LogP contribution in [0.4, 0.5) is 0 Å². The van der Waals surface area contributed by atoms with E-state index in [1.807, 2.05) is 0 Å². The summed E-state index contributed by atoms with van der Waals surface area (Å²) in [6.07, 6.45) is 1.70. The Hall–Kier alpha value is -1.84. The van der Waals surface area contributed by atoms with E-state index in [-0.39, 0.29) is 6.42 Å². The Bertz CT molecular complexity index is 614. The summed E-state index contributed by atoms with van der Waals surface area (Å²) >= 11 is 0. The Labute approximate surface area is 113 Å². The molecule has 0 fully saturated rings. The number of benzene rings is 1.